The number of hydroxylamine groups is 2. The maximum atomic E-state index is 11.2. The number of amides is 1. The predicted octanol–water partition coefficient (Wildman–Crippen LogP) is 0.869. The van der Waals surface area contributed by atoms with E-state index in [2.05, 4.69) is 4.84 Å². The van der Waals surface area contributed by atoms with Crippen LogP contribution in [0.25, 0.3) is 0 Å². The molecule has 6 nitrogen and oxygen atoms in total. The Morgan fingerprint density at radius 3 is 2.14 bits per heavy atom. The molecule has 0 fully saturated rings. The summed E-state index contributed by atoms with van der Waals surface area (Å²) in [7, 11) is 1.20. The zero-order valence-electron chi connectivity index (χ0n) is 8.73. The van der Waals surface area contributed by atoms with Crippen molar-refractivity contribution >= 4 is 12.1 Å². The van der Waals surface area contributed by atoms with Crippen molar-refractivity contribution in [3.8, 4) is 0 Å². The van der Waals surface area contributed by atoms with Crippen molar-refractivity contribution in [2.75, 3.05) is 13.7 Å². The summed E-state index contributed by atoms with van der Waals surface area (Å²) in [6, 6.07) is 0. The first kappa shape index (κ1) is 12.7. The second kappa shape index (κ2) is 4.80. The second-order valence-electron chi connectivity index (χ2n) is 3.59. The molecule has 0 aliphatic rings. The molecule has 0 aromatic carbocycles. The molecule has 0 aromatic heterocycles. The lowest BCUT2D eigenvalue weighted by Gasteiger charge is -2.24. The summed E-state index contributed by atoms with van der Waals surface area (Å²) in [6.45, 7) is 4.49. The van der Waals surface area contributed by atoms with Crippen molar-refractivity contribution in [1.29, 1.82) is 0 Å². The number of carboxylic acids is 1. The number of carbonyl (C=O) groups is 2. The fourth-order valence-electron chi connectivity index (χ4n) is 0.639. The molecule has 0 bridgehead atoms. The Morgan fingerprint density at radius 2 is 1.86 bits per heavy atom. The number of aliphatic carboxylic acids is 1. The van der Waals surface area contributed by atoms with Gasteiger partial charge in [0.05, 0.1) is 7.11 Å². The minimum Gasteiger partial charge on any atom is -0.480 e. The highest BCUT2D eigenvalue weighted by Crippen LogP contribution is 2.09. The molecular weight excluding hydrogens is 190 g/mol. The van der Waals surface area contributed by atoms with Crippen molar-refractivity contribution in [1.82, 2.24) is 5.06 Å². The molecule has 0 heterocycles. The van der Waals surface area contributed by atoms with Gasteiger partial charge in [0.15, 0.2) is 0 Å². The van der Waals surface area contributed by atoms with E-state index >= 15 is 0 Å². The molecule has 1 amide bonds. The lowest BCUT2D eigenvalue weighted by molar-refractivity contribution is -0.158. The van der Waals surface area contributed by atoms with Crippen LogP contribution < -0.4 is 0 Å². The maximum Gasteiger partial charge on any atom is 0.435 e. The van der Waals surface area contributed by atoms with Crippen LogP contribution in [0.5, 0.6) is 0 Å². The molecule has 1 N–H and O–H groups in total. The van der Waals surface area contributed by atoms with Gasteiger partial charge >= 0.3 is 12.1 Å². The average Bonchev–Trinajstić information content (AvgIpc) is 1.96. The zero-order valence-corrected chi connectivity index (χ0v) is 8.73. The summed E-state index contributed by atoms with van der Waals surface area (Å²) < 4.78 is 4.89. The van der Waals surface area contributed by atoms with Crippen LogP contribution in [0.1, 0.15) is 20.8 Å². The molecule has 0 aliphatic carbocycles. The summed E-state index contributed by atoms with van der Waals surface area (Å²) in [5.41, 5.74) is -0.674. The zero-order chi connectivity index (χ0) is 11.4. The molecule has 0 aliphatic heterocycles. The monoisotopic (exact) mass is 205 g/mol. The predicted molar refractivity (Wildman–Crippen MR) is 47.6 cm³/mol. The summed E-state index contributed by atoms with van der Waals surface area (Å²) in [5, 5.41) is 9.07. The highest BCUT2D eigenvalue weighted by atomic mass is 16.7. The van der Waals surface area contributed by atoms with Gasteiger partial charge in [0, 0.05) is 0 Å². The fraction of sp³-hybridized carbons (Fsp3) is 0.750. The van der Waals surface area contributed by atoms with E-state index in [9.17, 15) is 9.59 Å². The molecule has 14 heavy (non-hydrogen) atoms. The van der Waals surface area contributed by atoms with Crippen LogP contribution >= 0.6 is 0 Å². The highest BCUT2D eigenvalue weighted by Gasteiger charge is 2.23. The third kappa shape index (κ3) is 5.36. The number of carboxylic acid groups (broad SMARTS) is 1. The van der Waals surface area contributed by atoms with E-state index in [0.29, 0.717) is 5.06 Å². The Kier molecular flexibility index (Phi) is 4.36. The van der Waals surface area contributed by atoms with Gasteiger partial charge in [-0.1, -0.05) is 0 Å². The Hall–Kier alpha value is -1.30. The van der Waals surface area contributed by atoms with E-state index < -0.39 is 24.2 Å². The van der Waals surface area contributed by atoms with Gasteiger partial charge in [0.2, 0.25) is 0 Å². The van der Waals surface area contributed by atoms with Crippen molar-refractivity contribution in [3.05, 3.63) is 0 Å². The first-order chi connectivity index (χ1) is 6.26. The van der Waals surface area contributed by atoms with Gasteiger partial charge in [0.25, 0.3) is 0 Å². The lowest BCUT2D eigenvalue weighted by atomic mass is 10.2. The molecule has 0 spiro atoms. The molecule has 0 saturated carbocycles. The molecular formula is C8H15NO5. The van der Waals surface area contributed by atoms with Crippen LogP contribution in [0, 0.1) is 0 Å². The Morgan fingerprint density at radius 1 is 1.36 bits per heavy atom. The molecule has 82 valence electrons. The van der Waals surface area contributed by atoms with E-state index in [1.165, 1.54) is 7.11 Å². The van der Waals surface area contributed by atoms with Crippen LogP contribution in [-0.4, -0.2) is 41.5 Å². The van der Waals surface area contributed by atoms with Gasteiger partial charge < -0.3 is 9.84 Å². The Balaban J connectivity index is 4.25. The van der Waals surface area contributed by atoms with Crippen molar-refractivity contribution < 1.29 is 24.3 Å². The summed E-state index contributed by atoms with van der Waals surface area (Å²) >= 11 is 0. The van der Waals surface area contributed by atoms with Gasteiger partial charge in [-0.25, -0.2) is 4.79 Å². The number of rotatable bonds is 3. The lowest BCUT2D eigenvalue weighted by Crippen LogP contribution is -2.39. The number of hydrogen-bond donors (Lipinski definition) is 1. The molecule has 6 heteroatoms. The minimum atomic E-state index is -1.17. The summed E-state index contributed by atoms with van der Waals surface area (Å²) in [4.78, 5) is 26.1. The van der Waals surface area contributed by atoms with Crippen LogP contribution in [0.3, 0.4) is 0 Å². The van der Waals surface area contributed by atoms with Crippen LogP contribution in [0.2, 0.25) is 0 Å². The molecule has 0 aromatic rings. The Bertz CT molecular complexity index is 220. The van der Waals surface area contributed by atoms with Gasteiger partial charge in [-0.2, -0.15) is 5.06 Å². The fourth-order valence-corrected chi connectivity index (χ4v) is 0.639. The molecule has 0 unspecified atom stereocenters. The van der Waals surface area contributed by atoms with E-state index in [1.807, 2.05) is 0 Å². The van der Waals surface area contributed by atoms with Crippen molar-refractivity contribution in [2.45, 2.75) is 26.4 Å². The topological polar surface area (TPSA) is 76.1 Å². The van der Waals surface area contributed by atoms with E-state index in [-0.39, 0.29) is 0 Å². The minimum absolute atomic E-state index is 0.550. The molecule has 0 rings (SSSR count). The number of ether oxygens (including phenoxy) is 1. The maximum absolute atomic E-state index is 11.2. The van der Waals surface area contributed by atoms with Gasteiger partial charge in [-0.15, -0.1) is 0 Å². The van der Waals surface area contributed by atoms with Gasteiger partial charge in [-0.05, 0) is 20.8 Å². The first-order valence-electron chi connectivity index (χ1n) is 4.02. The van der Waals surface area contributed by atoms with E-state index in [1.54, 1.807) is 20.8 Å². The summed E-state index contributed by atoms with van der Waals surface area (Å²) in [6.07, 6.45) is -0.817. The van der Waals surface area contributed by atoms with Crippen molar-refractivity contribution in [2.24, 2.45) is 0 Å². The third-order valence-electron chi connectivity index (χ3n) is 1.10. The normalized spacial score (nSPS) is 10.9. The molecule has 0 saturated heterocycles. The van der Waals surface area contributed by atoms with E-state index in [0.717, 1.165) is 0 Å². The number of hydrogen-bond acceptors (Lipinski definition) is 4. The summed E-state index contributed by atoms with van der Waals surface area (Å²) in [5.74, 6) is -1.17. The molecule has 0 atom stereocenters. The van der Waals surface area contributed by atoms with Crippen LogP contribution in [0.15, 0.2) is 0 Å². The van der Waals surface area contributed by atoms with E-state index in [4.69, 9.17) is 9.84 Å². The van der Waals surface area contributed by atoms with Crippen molar-refractivity contribution in [3.63, 3.8) is 0 Å². The smallest absolute Gasteiger partial charge is 0.435 e. The molecule has 0 radical (unpaired) electrons. The standard InChI is InChI=1S/C8H15NO5/c1-8(2,3)14-7(12)9(13-4)5-6(10)11/h5H2,1-4H3,(H,10,11). The van der Waals surface area contributed by atoms with Gasteiger partial charge in [0.1, 0.15) is 12.1 Å². The number of carbonyl (C=O) groups excluding carboxylic acids is 1. The van der Waals surface area contributed by atoms with Crippen LogP contribution in [-0.2, 0) is 14.4 Å². The SMILES string of the molecule is CON(CC(=O)O)C(=O)OC(C)(C)C. The first-order valence-corrected chi connectivity index (χ1v) is 4.02. The Labute approximate surface area is 82.4 Å². The highest BCUT2D eigenvalue weighted by molar-refractivity contribution is 5.75. The number of nitrogens with zero attached hydrogens (tertiary/aromatic N) is 1. The van der Waals surface area contributed by atoms with Crippen LogP contribution in [0.4, 0.5) is 4.79 Å². The average molecular weight is 205 g/mol. The quantitative estimate of drug-likeness (QED) is 0.692. The van der Waals surface area contributed by atoms with Gasteiger partial charge in [-0.3, -0.25) is 9.63 Å². The third-order valence-corrected chi connectivity index (χ3v) is 1.10. The second-order valence-corrected chi connectivity index (χ2v) is 3.59. The largest absolute Gasteiger partial charge is 0.480 e.